The molecule has 0 bridgehead atoms. The molecule has 1 aromatic carbocycles. The fourth-order valence-electron chi connectivity index (χ4n) is 2.18. The number of nitrogens with zero attached hydrogens (tertiary/aromatic N) is 4. The molecule has 8 nitrogen and oxygen atoms in total. The molecule has 0 radical (unpaired) electrons. The molecule has 2 aromatic rings. The van der Waals surface area contributed by atoms with Gasteiger partial charge in [-0.15, -0.1) is 0 Å². The second-order valence-electron chi connectivity index (χ2n) is 5.03. The summed E-state index contributed by atoms with van der Waals surface area (Å²) in [6.45, 7) is 4.00. The zero-order valence-electron chi connectivity index (χ0n) is 15.2. The molecule has 1 N–H and O–H groups in total. The van der Waals surface area contributed by atoms with E-state index in [1.165, 1.54) is 0 Å². The van der Waals surface area contributed by atoms with Gasteiger partial charge in [0.25, 0.3) is 0 Å². The summed E-state index contributed by atoms with van der Waals surface area (Å²) < 4.78 is 16.0. The van der Waals surface area contributed by atoms with Crippen molar-refractivity contribution in [2.75, 3.05) is 26.8 Å². The van der Waals surface area contributed by atoms with Gasteiger partial charge in [-0.05, 0) is 12.1 Å². The first-order chi connectivity index (χ1) is 12.1. The van der Waals surface area contributed by atoms with Crippen LogP contribution in [0.15, 0.2) is 17.2 Å². The Bertz CT molecular complexity index is 702. The van der Waals surface area contributed by atoms with Crippen LogP contribution >= 0.6 is 0 Å². The molecule has 0 saturated carbocycles. The minimum atomic E-state index is 0.424. The second kappa shape index (κ2) is 8.81. The van der Waals surface area contributed by atoms with Gasteiger partial charge in [-0.3, -0.25) is 0 Å². The van der Waals surface area contributed by atoms with Crippen LogP contribution in [0, 0.1) is 0 Å². The van der Waals surface area contributed by atoms with Crippen molar-refractivity contribution in [2.45, 2.75) is 26.7 Å². The summed E-state index contributed by atoms with van der Waals surface area (Å²) in [6.07, 6.45) is 3.10. The van der Waals surface area contributed by atoms with Crippen molar-refractivity contribution in [3.8, 4) is 17.2 Å². The Hall–Kier alpha value is -2.90. The Morgan fingerprint density at radius 1 is 0.920 bits per heavy atom. The third-order valence-electron chi connectivity index (χ3n) is 3.43. The Morgan fingerprint density at radius 3 is 1.92 bits per heavy atom. The molecule has 0 atom stereocenters. The molecule has 8 heteroatoms. The molecule has 0 unspecified atom stereocenters. The second-order valence-corrected chi connectivity index (χ2v) is 5.03. The highest BCUT2D eigenvalue weighted by molar-refractivity contribution is 5.82. The average Bonchev–Trinajstić information content (AvgIpc) is 2.66. The minimum absolute atomic E-state index is 0.424. The van der Waals surface area contributed by atoms with Crippen LogP contribution in [0.2, 0.25) is 0 Å². The van der Waals surface area contributed by atoms with Crippen molar-refractivity contribution >= 4 is 12.2 Å². The number of nitrogens with one attached hydrogen (secondary N) is 1. The summed E-state index contributed by atoms with van der Waals surface area (Å²) >= 11 is 0. The molecule has 1 heterocycles. The van der Waals surface area contributed by atoms with Gasteiger partial charge in [0.05, 0.1) is 27.5 Å². The highest BCUT2D eigenvalue weighted by atomic mass is 16.5. The predicted molar refractivity (Wildman–Crippen MR) is 95.9 cm³/mol. The lowest BCUT2D eigenvalue weighted by Crippen LogP contribution is -2.06. The topological polar surface area (TPSA) is 90.8 Å². The molecule has 134 valence electrons. The molecule has 1 aromatic heterocycles. The van der Waals surface area contributed by atoms with Crippen LogP contribution in [0.1, 0.15) is 31.1 Å². The van der Waals surface area contributed by atoms with Gasteiger partial charge in [0, 0.05) is 18.4 Å². The Balaban J connectivity index is 2.22. The smallest absolute Gasteiger partial charge is 0.247 e. The lowest BCUT2D eigenvalue weighted by atomic mass is 10.2. The predicted octanol–water partition coefficient (Wildman–Crippen LogP) is 2.47. The molecule has 0 aliphatic heterocycles. The molecule has 0 saturated heterocycles. The van der Waals surface area contributed by atoms with Crippen molar-refractivity contribution in [3.05, 3.63) is 29.3 Å². The maximum atomic E-state index is 5.32. The maximum absolute atomic E-state index is 5.32. The molecule has 2 rings (SSSR count). The van der Waals surface area contributed by atoms with Gasteiger partial charge in [0.2, 0.25) is 11.7 Å². The molecule has 0 spiro atoms. The zero-order chi connectivity index (χ0) is 18.2. The summed E-state index contributed by atoms with van der Waals surface area (Å²) in [6, 6.07) is 3.60. The molecule has 0 amide bonds. The number of methoxy groups -OCH3 is 3. The van der Waals surface area contributed by atoms with E-state index in [0.717, 1.165) is 30.1 Å². The minimum Gasteiger partial charge on any atom is -0.493 e. The number of hydrogen-bond donors (Lipinski definition) is 1. The molecular formula is C17H23N5O3. The van der Waals surface area contributed by atoms with E-state index in [2.05, 4.69) is 25.5 Å². The van der Waals surface area contributed by atoms with Crippen LogP contribution in [0.4, 0.5) is 5.95 Å². The first-order valence-corrected chi connectivity index (χ1v) is 7.98. The monoisotopic (exact) mass is 345 g/mol. The average molecular weight is 345 g/mol. The van der Waals surface area contributed by atoms with Crippen LogP contribution in [-0.4, -0.2) is 42.5 Å². The number of hydrogen-bond acceptors (Lipinski definition) is 8. The van der Waals surface area contributed by atoms with Crippen molar-refractivity contribution in [1.29, 1.82) is 0 Å². The summed E-state index contributed by atoms with van der Waals surface area (Å²) in [5.41, 5.74) is 3.62. The zero-order valence-corrected chi connectivity index (χ0v) is 15.2. The van der Waals surface area contributed by atoms with E-state index in [1.807, 2.05) is 13.8 Å². The van der Waals surface area contributed by atoms with Gasteiger partial charge < -0.3 is 14.2 Å². The SMILES string of the molecule is CCc1nc(CC)nc(NN=Cc2cc(OC)c(OC)c(OC)c2)n1. The van der Waals surface area contributed by atoms with Crippen molar-refractivity contribution in [1.82, 2.24) is 15.0 Å². The van der Waals surface area contributed by atoms with Crippen LogP contribution < -0.4 is 19.6 Å². The molecular weight excluding hydrogens is 322 g/mol. The van der Waals surface area contributed by atoms with Crippen molar-refractivity contribution in [2.24, 2.45) is 5.10 Å². The van der Waals surface area contributed by atoms with Crippen LogP contribution in [0.5, 0.6) is 17.2 Å². The Kier molecular flexibility index (Phi) is 6.50. The fourth-order valence-corrected chi connectivity index (χ4v) is 2.18. The number of anilines is 1. The summed E-state index contributed by atoms with van der Waals surface area (Å²) in [5.74, 6) is 3.55. The van der Waals surface area contributed by atoms with E-state index in [9.17, 15) is 0 Å². The number of ether oxygens (including phenoxy) is 3. The first kappa shape index (κ1) is 18.4. The van der Waals surface area contributed by atoms with Gasteiger partial charge in [-0.1, -0.05) is 13.8 Å². The number of aryl methyl sites for hydroxylation is 2. The van der Waals surface area contributed by atoms with Crippen LogP contribution in [-0.2, 0) is 12.8 Å². The summed E-state index contributed by atoms with van der Waals surface area (Å²) in [4.78, 5) is 13.0. The standard InChI is InChI=1S/C17H23N5O3/c1-6-14-19-15(7-2)21-17(20-14)22-18-10-11-8-12(23-3)16(25-5)13(9-11)24-4/h8-10H,6-7H2,1-5H3,(H,19,20,21,22). The van der Waals surface area contributed by atoms with E-state index in [1.54, 1.807) is 39.7 Å². The number of hydrazone groups is 1. The normalized spacial score (nSPS) is 10.8. The van der Waals surface area contributed by atoms with E-state index in [-0.39, 0.29) is 0 Å². The van der Waals surface area contributed by atoms with E-state index in [4.69, 9.17) is 14.2 Å². The molecule has 0 fully saturated rings. The Morgan fingerprint density at radius 2 is 1.48 bits per heavy atom. The van der Waals surface area contributed by atoms with Gasteiger partial charge in [0.1, 0.15) is 11.6 Å². The maximum Gasteiger partial charge on any atom is 0.247 e. The van der Waals surface area contributed by atoms with E-state index < -0.39 is 0 Å². The largest absolute Gasteiger partial charge is 0.493 e. The van der Waals surface area contributed by atoms with Gasteiger partial charge in [0.15, 0.2) is 11.5 Å². The summed E-state index contributed by atoms with van der Waals surface area (Å²) in [5, 5.41) is 4.19. The molecule has 0 aliphatic rings. The van der Waals surface area contributed by atoms with Crippen LogP contribution in [0.3, 0.4) is 0 Å². The highest BCUT2D eigenvalue weighted by Crippen LogP contribution is 2.37. The number of benzene rings is 1. The van der Waals surface area contributed by atoms with Crippen molar-refractivity contribution < 1.29 is 14.2 Å². The first-order valence-electron chi connectivity index (χ1n) is 7.98. The lowest BCUT2D eigenvalue weighted by Gasteiger charge is -2.12. The van der Waals surface area contributed by atoms with Gasteiger partial charge in [-0.2, -0.15) is 15.1 Å². The quantitative estimate of drug-likeness (QED) is 0.580. The van der Waals surface area contributed by atoms with Gasteiger partial charge >= 0.3 is 0 Å². The highest BCUT2D eigenvalue weighted by Gasteiger charge is 2.12. The third-order valence-corrected chi connectivity index (χ3v) is 3.43. The number of aromatic nitrogens is 3. The molecule has 0 aliphatic carbocycles. The lowest BCUT2D eigenvalue weighted by molar-refractivity contribution is 0.324. The van der Waals surface area contributed by atoms with E-state index in [0.29, 0.717) is 23.2 Å². The van der Waals surface area contributed by atoms with Crippen LogP contribution in [0.25, 0.3) is 0 Å². The third kappa shape index (κ3) is 4.56. The van der Waals surface area contributed by atoms with Gasteiger partial charge in [-0.25, -0.2) is 10.4 Å². The molecule has 25 heavy (non-hydrogen) atoms. The summed E-state index contributed by atoms with van der Waals surface area (Å²) in [7, 11) is 4.70. The van der Waals surface area contributed by atoms with Crippen molar-refractivity contribution in [3.63, 3.8) is 0 Å². The fraction of sp³-hybridized carbons (Fsp3) is 0.412. The van der Waals surface area contributed by atoms with E-state index >= 15 is 0 Å². The Labute approximate surface area is 147 Å². The number of rotatable bonds is 8.